The molecule has 0 spiro atoms. The highest BCUT2D eigenvalue weighted by Gasteiger charge is 2.20. The van der Waals surface area contributed by atoms with Crippen LogP contribution in [0, 0.1) is 0 Å². The Labute approximate surface area is 77.1 Å². The molecule has 1 rings (SSSR count). The van der Waals surface area contributed by atoms with Crippen LogP contribution in [-0.4, -0.2) is 31.1 Å². The minimum absolute atomic E-state index is 0.0492. The molecule has 2 atom stereocenters. The van der Waals surface area contributed by atoms with E-state index < -0.39 is 6.10 Å². The van der Waals surface area contributed by atoms with E-state index in [0.717, 1.165) is 0 Å². The van der Waals surface area contributed by atoms with Gasteiger partial charge in [0.1, 0.15) is 12.2 Å². The van der Waals surface area contributed by atoms with E-state index in [1.165, 1.54) is 7.11 Å². The van der Waals surface area contributed by atoms with Crippen LogP contribution in [-0.2, 0) is 14.4 Å². The molecule has 74 valence electrons. The highest BCUT2D eigenvalue weighted by molar-refractivity contribution is 6.00. The van der Waals surface area contributed by atoms with Crippen LogP contribution < -0.4 is 5.32 Å². The number of methoxy groups -OCH3 is 1. The lowest BCUT2D eigenvalue weighted by Gasteiger charge is -2.08. The molecule has 1 amide bonds. The summed E-state index contributed by atoms with van der Waals surface area (Å²) in [4.78, 5) is 16.2. The molecular formula is C8H14N2O3. The first-order valence-corrected chi connectivity index (χ1v) is 4.20. The minimum Gasteiger partial charge on any atom is -0.391 e. The van der Waals surface area contributed by atoms with Crippen molar-refractivity contribution in [3.8, 4) is 0 Å². The number of amides is 1. The average molecular weight is 186 g/mol. The second kappa shape index (κ2) is 4.23. The summed E-state index contributed by atoms with van der Waals surface area (Å²) in [6.07, 6.45) is 0.231. The lowest BCUT2D eigenvalue weighted by molar-refractivity contribution is -0.128. The van der Waals surface area contributed by atoms with Crippen molar-refractivity contribution in [3.05, 3.63) is 0 Å². The molecule has 0 fully saturated rings. The van der Waals surface area contributed by atoms with Gasteiger partial charge in [0.2, 0.25) is 0 Å². The van der Waals surface area contributed by atoms with Crippen molar-refractivity contribution in [1.82, 2.24) is 5.32 Å². The van der Waals surface area contributed by atoms with Crippen LogP contribution in [0.25, 0.3) is 0 Å². The summed E-state index contributed by atoms with van der Waals surface area (Å²) >= 11 is 0. The molecule has 13 heavy (non-hydrogen) atoms. The topological polar surface area (TPSA) is 59.9 Å². The summed E-state index contributed by atoms with van der Waals surface area (Å²) in [5, 5.41) is 6.32. The number of hydrogen-bond acceptors (Lipinski definition) is 4. The van der Waals surface area contributed by atoms with Gasteiger partial charge in [-0.3, -0.25) is 4.79 Å². The summed E-state index contributed by atoms with van der Waals surface area (Å²) in [5.74, 6) is 0.375. The Bertz CT molecular complexity index is 227. The van der Waals surface area contributed by atoms with E-state index in [0.29, 0.717) is 12.3 Å². The van der Waals surface area contributed by atoms with Gasteiger partial charge in [0, 0.05) is 13.5 Å². The van der Waals surface area contributed by atoms with E-state index in [1.807, 2.05) is 6.92 Å². The first-order chi connectivity index (χ1) is 6.13. The van der Waals surface area contributed by atoms with Crippen molar-refractivity contribution in [2.75, 3.05) is 7.11 Å². The molecule has 0 aromatic carbocycles. The molecule has 0 bridgehead atoms. The third kappa shape index (κ3) is 2.69. The molecular weight excluding hydrogens is 172 g/mol. The lowest BCUT2D eigenvalue weighted by Crippen LogP contribution is -2.37. The molecule has 0 radical (unpaired) electrons. The van der Waals surface area contributed by atoms with Crippen LogP contribution in [0.4, 0.5) is 0 Å². The number of carbonyl (C=O) groups excluding carboxylic acids is 1. The lowest BCUT2D eigenvalue weighted by atomic mass is 10.2. The average Bonchev–Trinajstić information content (AvgIpc) is 2.49. The van der Waals surface area contributed by atoms with Crippen molar-refractivity contribution >= 4 is 11.7 Å². The molecule has 0 aromatic rings. The number of nitrogens with one attached hydrogen (secondary N) is 1. The van der Waals surface area contributed by atoms with Gasteiger partial charge < -0.3 is 14.9 Å². The summed E-state index contributed by atoms with van der Waals surface area (Å²) in [6, 6.07) is 0. The Hall–Kier alpha value is -1.10. The van der Waals surface area contributed by atoms with Crippen LogP contribution in [0.1, 0.15) is 20.3 Å². The van der Waals surface area contributed by atoms with Crippen molar-refractivity contribution in [3.63, 3.8) is 0 Å². The van der Waals surface area contributed by atoms with Gasteiger partial charge in [0.25, 0.3) is 5.91 Å². The predicted molar refractivity (Wildman–Crippen MR) is 47.2 cm³/mol. The maximum atomic E-state index is 11.3. The van der Waals surface area contributed by atoms with Gasteiger partial charge in [-0.15, -0.1) is 0 Å². The fourth-order valence-electron chi connectivity index (χ4n) is 0.925. The fourth-order valence-corrected chi connectivity index (χ4v) is 0.925. The SMILES string of the molecule is COC(C)C(=O)NC1=NOC(C)C1. The molecule has 5 nitrogen and oxygen atoms in total. The van der Waals surface area contributed by atoms with Crippen LogP contribution in [0.15, 0.2) is 5.16 Å². The van der Waals surface area contributed by atoms with E-state index in [4.69, 9.17) is 9.57 Å². The summed E-state index contributed by atoms with van der Waals surface area (Å²) < 4.78 is 4.84. The second-order valence-electron chi connectivity index (χ2n) is 3.03. The number of amidine groups is 1. The Morgan fingerprint density at radius 2 is 2.54 bits per heavy atom. The number of hydrogen-bond donors (Lipinski definition) is 1. The number of rotatable bonds is 2. The summed E-state index contributed by atoms with van der Waals surface area (Å²) in [6.45, 7) is 3.57. The normalized spacial score (nSPS) is 23.3. The molecule has 1 heterocycles. The highest BCUT2D eigenvalue weighted by atomic mass is 16.6. The molecule has 0 aromatic heterocycles. The van der Waals surface area contributed by atoms with Crippen molar-refractivity contribution in [2.45, 2.75) is 32.5 Å². The van der Waals surface area contributed by atoms with Gasteiger partial charge in [-0.1, -0.05) is 5.16 Å². The van der Waals surface area contributed by atoms with Crippen molar-refractivity contribution < 1.29 is 14.4 Å². The molecule has 2 unspecified atom stereocenters. The largest absolute Gasteiger partial charge is 0.391 e. The monoisotopic (exact) mass is 186 g/mol. The van der Waals surface area contributed by atoms with Gasteiger partial charge in [-0.2, -0.15) is 0 Å². The van der Waals surface area contributed by atoms with Gasteiger partial charge >= 0.3 is 0 Å². The number of ether oxygens (including phenoxy) is 1. The van der Waals surface area contributed by atoms with Crippen LogP contribution >= 0.6 is 0 Å². The zero-order valence-corrected chi connectivity index (χ0v) is 8.03. The maximum Gasteiger partial charge on any atom is 0.254 e. The van der Waals surface area contributed by atoms with E-state index in [-0.39, 0.29) is 12.0 Å². The van der Waals surface area contributed by atoms with Gasteiger partial charge in [-0.05, 0) is 13.8 Å². The molecule has 0 saturated carbocycles. The highest BCUT2D eigenvalue weighted by Crippen LogP contribution is 2.07. The predicted octanol–water partition coefficient (Wildman–Crippen LogP) is 0.260. The molecule has 5 heteroatoms. The fraction of sp³-hybridized carbons (Fsp3) is 0.750. The molecule has 1 N–H and O–H groups in total. The molecule has 1 aliphatic heterocycles. The van der Waals surface area contributed by atoms with Gasteiger partial charge in [0.05, 0.1) is 0 Å². The van der Waals surface area contributed by atoms with Crippen molar-refractivity contribution in [1.29, 1.82) is 0 Å². The van der Waals surface area contributed by atoms with E-state index >= 15 is 0 Å². The maximum absolute atomic E-state index is 11.3. The van der Waals surface area contributed by atoms with E-state index in [2.05, 4.69) is 10.5 Å². The van der Waals surface area contributed by atoms with Crippen LogP contribution in [0.3, 0.4) is 0 Å². The van der Waals surface area contributed by atoms with E-state index in [9.17, 15) is 4.79 Å². The third-order valence-corrected chi connectivity index (χ3v) is 1.81. The summed E-state index contributed by atoms with van der Waals surface area (Å²) in [5.41, 5.74) is 0. The Morgan fingerprint density at radius 1 is 1.85 bits per heavy atom. The first-order valence-electron chi connectivity index (χ1n) is 4.20. The number of oxime groups is 1. The zero-order chi connectivity index (χ0) is 9.84. The first kappa shape index (κ1) is 9.98. The quantitative estimate of drug-likeness (QED) is 0.673. The summed E-state index contributed by atoms with van der Waals surface area (Å²) in [7, 11) is 1.49. The Morgan fingerprint density at radius 3 is 3.00 bits per heavy atom. The Kier molecular flexibility index (Phi) is 3.25. The minimum atomic E-state index is -0.460. The van der Waals surface area contributed by atoms with Gasteiger partial charge in [0.15, 0.2) is 5.84 Å². The molecule has 1 aliphatic rings. The smallest absolute Gasteiger partial charge is 0.254 e. The van der Waals surface area contributed by atoms with Gasteiger partial charge in [-0.25, -0.2) is 0 Å². The second-order valence-corrected chi connectivity index (χ2v) is 3.03. The number of nitrogens with zero attached hydrogens (tertiary/aromatic N) is 1. The molecule has 0 saturated heterocycles. The van der Waals surface area contributed by atoms with Crippen LogP contribution in [0.5, 0.6) is 0 Å². The Balaban J connectivity index is 2.37. The molecule has 0 aliphatic carbocycles. The number of carbonyl (C=O) groups is 1. The third-order valence-electron chi connectivity index (χ3n) is 1.81. The van der Waals surface area contributed by atoms with E-state index in [1.54, 1.807) is 6.92 Å². The van der Waals surface area contributed by atoms with Crippen LogP contribution in [0.2, 0.25) is 0 Å². The van der Waals surface area contributed by atoms with Crippen molar-refractivity contribution in [2.24, 2.45) is 5.16 Å². The zero-order valence-electron chi connectivity index (χ0n) is 8.03. The standard InChI is InChI=1S/C8H14N2O3/c1-5-4-7(10-13-5)9-8(11)6(2)12-3/h5-6H,4H2,1-3H3,(H,9,10,11).